The molecular formula is C13H25N. The van der Waals surface area contributed by atoms with Crippen molar-refractivity contribution in [3.63, 3.8) is 0 Å². The molecule has 82 valence electrons. The number of hydrogen-bond donors (Lipinski definition) is 0. The van der Waals surface area contributed by atoms with E-state index in [0.29, 0.717) is 0 Å². The van der Waals surface area contributed by atoms with Crippen LogP contribution in [0.4, 0.5) is 0 Å². The van der Waals surface area contributed by atoms with Gasteiger partial charge in [0, 0.05) is 6.54 Å². The second kappa shape index (κ2) is 9.01. The number of allylic oxidation sites excluding steroid dienone is 3. The third-order valence-corrected chi connectivity index (χ3v) is 2.39. The van der Waals surface area contributed by atoms with Gasteiger partial charge in [-0.15, -0.1) is 0 Å². The van der Waals surface area contributed by atoms with Gasteiger partial charge in [-0.1, -0.05) is 44.6 Å². The molecule has 0 N–H and O–H groups in total. The average molecular weight is 195 g/mol. The van der Waals surface area contributed by atoms with Crippen molar-refractivity contribution >= 4 is 0 Å². The minimum absolute atomic E-state index is 1.15. The second-order valence-electron chi connectivity index (χ2n) is 3.40. The highest BCUT2D eigenvalue weighted by atomic mass is 15.1. The van der Waals surface area contributed by atoms with E-state index in [1.165, 1.54) is 31.4 Å². The van der Waals surface area contributed by atoms with Gasteiger partial charge in [-0.25, -0.2) is 0 Å². The van der Waals surface area contributed by atoms with Crippen LogP contribution < -0.4 is 0 Å². The van der Waals surface area contributed by atoms with E-state index in [9.17, 15) is 0 Å². The van der Waals surface area contributed by atoms with Gasteiger partial charge in [-0.3, -0.25) is 0 Å². The summed E-state index contributed by atoms with van der Waals surface area (Å²) < 4.78 is 0. The van der Waals surface area contributed by atoms with Crippen molar-refractivity contribution in [2.24, 2.45) is 0 Å². The molecule has 0 atom stereocenters. The molecule has 1 rings (SSSR count). The topological polar surface area (TPSA) is 3.24 Å². The van der Waals surface area contributed by atoms with Crippen molar-refractivity contribution in [1.82, 2.24) is 4.90 Å². The SMILES string of the molecule is CC.CCN(C)CCC1=CCCC=C1. The lowest BCUT2D eigenvalue weighted by atomic mass is 10.0. The fourth-order valence-corrected chi connectivity index (χ4v) is 1.33. The Bertz CT molecular complexity index is 180. The molecule has 1 nitrogen and oxygen atoms in total. The Morgan fingerprint density at radius 3 is 2.50 bits per heavy atom. The normalized spacial score (nSPS) is 14.8. The second-order valence-corrected chi connectivity index (χ2v) is 3.40. The maximum Gasteiger partial charge on any atom is 0.00185 e. The largest absolute Gasteiger partial charge is 0.306 e. The lowest BCUT2D eigenvalue weighted by Gasteiger charge is -2.14. The monoisotopic (exact) mass is 195 g/mol. The lowest BCUT2D eigenvalue weighted by molar-refractivity contribution is 0.358. The van der Waals surface area contributed by atoms with E-state index in [4.69, 9.17) is 0 Å². The minimum Gasteiger partial charge on any atom is -0.306 e. The molecule has 0 radical (unpaired) electrons. The van der Waals surface area contributed by atoms with Gasteiger partial charge in [0.25, 0.3) is 0 Å². The Hall–Kier alpha value is -0.560. The van der Waals surface area contributed by atoms with Gasteiger partial charge < -0.3 is 4.90 Å². The highest BCUT2D eigenvalue weighted by Crippen LogP contribution is 2.12. The van der Waals surface area contributed by atoms with E-state index in [1.807, 2.05) is 13.8 Å². The van der Waals surface area contributed by atoms with E-state index >= 15 is 0 Å². The van der Waals surface area contributed by atoms with Crippen molar-refractivity contribution in [2.75, 3.05) is 20.1 Å². The van der Waals surface area contributed by atoms with Crippen LogP contribution in [-0.4, -0.2) is 25.0 Å². The minimum atomic E-state index is 1.15. The Kier molecular flexibility index (Phi) is 8.65. The summed E-state index contributed by atoms with van der Waals surface area (Å²) >= 11 is 0. The molecule has 0 fully saturated rings. The van der Waals surface area contributed by atoms with Crippen molar-refractivity contribution < 1.29 is 0 Å². The Morgan fingerprint density at radius 2 is 2.00 bits per heavy atom. The Morgan fingerprint density at radius 1 is 1.29 bits per heavy atom. The number of hydrogen-bond acceptors (Lipinski definition) is 1. The van der Waals surface area contributed by atoms with E-state index in [1.54, 1.807) is 0 Å². The molecule has 0 aromatic rings. The highest BCUT2D eigenvalue weighted by Gasteiger charge is 1.99. The molecule has 0 spiro atoms. The van der Waals surface area contributed by atoms with E-state index in [-0.39, 0.29) is 0 Å². The molecule has 0 saturated carbocycles. The predicted molar refractivity (Wildman–Crippen MR) is 65.6 cm³/mol. The fraction of sp³-hybridized carbons (Fsp3) is 0.692. The first-order valence-corrected chi connectivity index (χ1v) is 5.87. The molecule has 0 aliphatic heterocycles. The predicted octanol–water partition coefficient (Wildman–Crippen LogP) is 3.63. The van der Waals surface area contributed by atoms with Crippen LogP contribution >= 0.6 is 0 Å². The fourth-order valence-electron chi connectivity index (χ4n) is 1.33. The van der Waals surface area contributed by atoms with Gasteiger partial charge in [-0.05, 0) is 32.9 Å². The molecule has 0 saturated heterocycles. The molecule has 0 unspecified atom stereocenters. The summed E-state index contributed by atoms with van der Waals surface area (Å²) in [5.74, 6) is 0. The first kappa shape index (κ1) is 13.4. The van der Waals surface area contributed by atoms with Crippen LogP contribution in [0.15, 0.2) is 23.8 Å². The summed E-state index contributed by atoms with van der Waals surface area (Å²) in [6, 6.07) is 0. The van der Waals surface area contributed by atoms with Crippen molar-refractivity contribution in [3.8, 4) is 0 Å². The Balaban J connectivity index is 0.000000791. The zero-order valence-electron chi connectivity index (χ0n) is 10.2. The van der Waals surface area contributed by atoms with Crippen molar-refractivity contribution in [1.29, 1.82) is 0 Å². The maximum atomic E-state index is 2.36. The summed E-state index contributed by atoms with van der Waals surface area (Å²) in [4.78, 5) is 2.35. The summed E-state index contributed by atoms with van der Waals surface area (Å²) in [5, 5.41) is 0. The van der Waals surface area contributed by atoms with Crippen LogP contribution in [0, 0.1) is 0 Å². The van der Waals surface area contributed by atoms with Crippen LogP contribution in [0.1, 0.15) is 40.0 Å². The van der Waals surface area contributed by atoms with Gasteiger partial charge in [0.05, 0.1) is 0 Å². The first-order valence-electron chi connectivity index (χ1n) is 5.87. The van der Waals surface area contributed by atoms with E-state index in [0.717, 1.165) is 6.54 Å². The molecule has 0 aromatic carbocycles. The summed E-state index contributed by atoms with van der Waals surface area (Å²) in [7, 11) is 2.17. The molecule has 14 heavy (non-hydrogen) atoms. The van der Waals surface area contributed by atoms with Gasteiger partial charge in [0.1, 0.15) is 0 Å². The van der Waals surface area contributed by atoms with Gasteiger partial charge in [-0.2, -0.15) is 0 Å². The van der Waals surface area contributed by atoms with E-state index < -0.39 is 0 Å². The highest BCUT2D eigenvalue weighted by molar-refractivity contribution is 5.22. The van der Waals surface area contributed by atoms with Gasteiger partial charge >= 0.3 is 0 Å². The standard InChI is InChI=1S/C11H19N.C2H6/c1-3-12(2)10-9-11-7-5-4-6-8-11;1-2/h5,7-8H,3-4,6,9-10H2,1-2H3;1-2H3. The van der Waals surface area contributed by atoms with Crippen LogP contribution in [0.5, 0.6) is 0 Å². The van der Waals surface area contributed by atoms with E-state index in [2.05, 4.69) is 37.1 Å². The maximum absolute atomic E-state index is 2.36. The summed E-state index contributed by atoms with van der Waals surface area (Å²) in [6.07, 6.45) is 10.6. The van der Waals surface area contributed by atoms with Gasteiger partial charge in [0.2, 0.25) is 0 Å². The number of nitrogens with zero attached hydrogens (tertiary/aromatic N) is 1. The van der Waals surface area contributed by atoms with Crippen molar-refractivity contribution in [2.45, 2.75) is 40.0 Å². The molecule has 0 bridgehead atoms. The van der Waals surface area contributed by atoms with Crippen LogP contribution in [0.25, 0.3) is 0 Å². The zero-order valence-corrected chi connectivity index (χ0v) is 10.2. The van der Waals surface area contributed by atoms with Crippen molar-refractivity contribution in [3.05, 3.63) is 23.8 Å². The zero-order chi connectivity index (χ0) is 10.8. The lowest BCUT2D eigenvalue weighted by Crippen LogP contribution is -2.19. The first-order chi connectivity index (χ1) is 6.83. The smallest absolute Gasteiger partial charge is 0.00185 e. The third kappa shape index (κ3) is 5.98. The molecule has 0 amide bonds. The summed E-state index contributed by atoms with van der Waals surface area (Å²) in [6.45, 7) is 8.54. The Labute approximate surface area is 89.5 Å². The third-order valence-electron chi connectivity index (χ3n) is 2.39. The molecular weight excluding hydrogens is 170 g/mol. The quantitative estimate of drug-likeness (QED) is 0.662. The molecule has 1 aliphatic rings. The average Bonchev–Trinajstić information content (AvgIpc) is 2.30. The molecule has 1 aliphatic carbocycles. The van der Waals surface area contributed by atoms with Crippen LogP contribution in [0.3, 0.4) is 0 Å². The molecule has 0 aromatic heterocycles. The van der Waals surface area contributed by atoms with Crippen LogP contribution in [0.2, 0.25) is 0 Å². The van der Waals surface area contributed by atoms with Gasteiger partial charge in [0.15, 0.2) is 0 Å². The molecule has 0 heterocycles. The number of rotatable bonds is 4. The molecule has 1 heteroatoms. The summed E-state index contributed by atoms with van der Waals surface area (Å²) in [5.41, 5.74) is 1.52. The van der Waals surface area contributed by atoms with Crippen LogP contribution in [-0.2, 0) is 0 Å².